The van der Waals surface area contributed by atoms with Gasteiger partial charge in [0, 0.05) is 30.7 Å². The van der Waals surface area contributed by atoms with Crippen LogP contribution in [-0.2, 0) is 11.3 Å². The molecule has 1 aromatic rings. The minimum absolute atomic E-state index is 0.0517. The first-order chi connectivity index (χ1) is 10.5. The van der Waals surface area contributed by atoms with Crippen LogP contribution in [0.1, 0.15) is 26.3 Å². The maximum absolute atomic E-state index is 13.8. The van der Waals surface area contributed by atoms with E-state index in [9.17, 15) is 9.18 Å². The second kappa shape index (κ2) is 7.45. The molecule has 1 N–H and O–H groups in total. The highest BCUT2D eigenvalue weighted by molar-refractivity contribution is 5.68. The minimum Gasteiger partial charge on any atom is -0.494 e. The number of nitrogens with one attached hydrogen (secondary N) is 1. The van der Waals surface area contributed by atoms with Crippen molar-refractivity contribution >= 4 is 6.09 Å². The third-order valence-electron chi connectivity index (χ3n) is 3.72. The molecule has 1 aromatic carbocycles. The van der Waals surface area contributed by atoms with Gasteiger partial charge in [-0.2, -0.15) is 0 Å². The highest BCUT2D eigenvalue weighted by Crippen LogP contribution is 2.19. The van der Waals surface area contributed by atoms with E-state index in [0.29, 0.717) is 17.9 Å². The molecule has 0 radical (unpaired) electrons. The zero-order valence-electron chi connectivity index (χ0n) is 13.3. The number of rotatable bonds is 4. The fourth-order valence-corrected chi connectivity index (χ4v) is 2.62. The maximum atomic E-state index is 13.8. The molecule has 22 heavy (non-hydrogen) atoms. The number of halogens is 1. The van der Waals surface area contributed by atoms with Gasteiger partial charge in [0.1, 0.15) is 18.2 Å². The van der Waals surface area contributed by atoms with Crippen LogP contribution in [0.3, 0.4) is 0 Å². The lowest BCUT2D eigenvalue weighted by Crippen LogP contribution is -2.57. The number of nitrogens with zero attached hydrogens (tertiary/aromatic N) is 1. The molecule has 2 rings (SSSR count). The number of benzene rings is 1. The SMILES string of the molecule is CCOc1ccc(F)c(COC(=O)N2[C@H](C)CNC[C@@H]2C)c1. The molecular formula is C16H23FN2O3. The van der Waals surface area contributed by atoms with Gasteiger partial charge in [0.25, 0.3) is 0 Å². The van der Waals surface area contributed by atoms with E-state index in [4.69, 9.17) is 9.47 Å². The van der Waals surface area contributed by atoms with Crippen molar-refractivity contribution in [1.82, 2.24) is 10.2 Å². The molecule has 122 valence electrons. The number of carbonyl (C=O) groups is 1. The molecule has 2 atom stereocenters. The largest absolute Gasteiger partial charge is 0.494 e. The summed E-state index contributed by atoms with van der Waals surface area (Å²) < 4.78 is 24.4. The highest BCUT2D eigenvalue weighted by atomic mass is 19.1. The molecule has 0 spiro atoms. The van der Waals surface area contributed by atoms with Gasteiger partial charge in [-0.3, -0.25) is 0 Å². The third-order valence-corrected chi connectivity index (χ3v) is 3.72. The van der Waals surface area contributed by atoms with Crippen LogP contribution < -0.4 is 10.1 Å². The van der Waals surface area contributed by atoms with Gasteiger partial charge < -0.3 is 19.7 Å². The lowest BCUT2D eigenvalue weighted by Gasteiger charge is -2.38. The summed E-state index contributed by atoms with van der Waals surface area (Å²) in [7, 11) is 0. The van der Waals surface area contributed by atoms with Crippen molar-refractivity contribution in [2.24, 2.45) is 0 Å². The van der Waals surface area contributed by atoms with E-state index < -0.39 is 11.9 Å². The summed E-state index contributed by atoms with van der Waals surface area (Å²) in [6.07, 6.45) is -0.414. The van der Waals surface area contributed by atoms with Crippen molar-refractivity contribution in [2.45, 2.75) is 39.5 Å². The topological polar surface area (TPSA) is 50.8 Å². The average Bonchev–Trinajstić information content (AvgIpc) is 2.48. The van der Waals surface area contributed by atoms with Gasteiger partial charge in [-0.05, 0) is 39.0 Å². The summed E-state index contributed by atoms with van der Waals surface area (Å²) in [5, 5.41) is 3.25. The smallest absolute Gasteiger partial charge is 0.410 e. The normalized spacial score (nSPS) is 21.5. The van der Waals surface area contributed by atoms with Gasteiger partial charge in [-0.15, -0.1) is 0 Å². The first-order valence-corrected chi connectivity index (χ1v) is 7.60. The van der Waals surface area contributed by atoms with Crippen molar-refractivity contribution in [2.75, 3.05) is 19.7 Å². The van der Waals surface area contributed by atoms with E-state index in [1.54, 1.807) is 17.0 Å². The van der Waals surface area contributed by atoms with Crippen molar-refractivity contribution in [3.05, 3.63) is 29.6 Å². The van der Waals surface area contributed by atoms with Crippen LogP contribution in [0.2, 0.25) is 0 Å². The lowest BCUT2D eigenvalue weighted by atomic mass is 10.1. The molecular weight excluding hydrogens is 287 g/mol. The minimum atomic E-state index is -0.414. The number of carbonyl (C=O) groups excluding carboxylic acids is 1. The van der Waals surface area contributed by atoms with Crippen LogP contribution in [0.4, 0.5) is 9.18 Å². The molecule has 5 nitrogen and oxygen atoms in total. The fraction of sp³-hybridized carbons (Fsp3) is 0.562. The number of amides is 1. The van der Waals surface area contributed by atoms with Gasteiger partial charge >= 0.3 is 6.09 Å². The highest BCUT2D eigenvalue weighted by Gasteiger charge is 2.30. The number of hydrogen-bond donors (Lipinski definition) is 1. The van der Waals surface area contributed by atoms with Gasteiger partial charge in [0.15, 0.2) is 0 Å². The molecule has 1 aliphatic heterocycles. The third kappa shape index (κ3) is 3.88. The molecule has 0 bridgehead atoms. The average molecular weight is 310 g/mol. The molecule has 0 aliphatic carbocycles. The molecule has 6 heteroatoms. The predicted molar refractivity (Wildman–Crippen MR) is 81.4 cm³/mol. The summed E-state index contributed by atoms with van der Waals surface area (Å²) in [5.74, 6) is 0.163. The van der Waals surface area contributed by atoms with Crippen LogP contribution >= 0.6 is 0 Å². The Morgan fingerprint density at radius 1 is 1.36 bits per heavy atom. The summed E-state index contributed by atoms with van der Waals surface area (Å²) in [6, 6.07) is 4.55. The Bertz CT molecular complexity index is 514. The summed E-state index contributed by atoms with van der Waals surface area (Å²) >= 11 is 0. The van der Waals surface area contributed by atoms with Gasteiger partial charge in [-0.1, -0.05) is 0 Å². The quantitative estimate of drug-likeness (QED) is 0.928. The van der Waals surface area contributed by atoms with Gasteiger partial charge in [0.05, 0.1) is 6.61 Å². The molecule has 1 saturated heterocycles. The standard InChI is InChI=1S/C16H23FN2O3/c1-4-21-14-5-6-15(17)13(7-14)10-22-16(20)19-11(2)8-18-9-12(19)3/h5-7,11-12,18H,4,8-10H2,1-3H3/t11-,12+. The monoisotopic (exact) mass is 310 g/mol. The van der Waals surface area contributed by atoms with E-state index in [0.717, 1.165) is 13.1 Å². The van der Waals surface area contributed by atoms with Crippen LogP contribution in [-0.4, -0.2) is 42.8 Å². The Labute approximate surface area is 130 Å². The van der Waals surface area contributed by atoms with E-state index in [1.165, 1.54) is 6.07 Å². The first kappa shape index (κ1) is 16.5. The predicted octanol–water partition coefficient (Wildman–Crippen LogP) is 2.54. The first-order valence-electron chi connectivity index (χ1n) is 7.60. The van der Waals surface area contributed by atoms with Crippen molar-refractivity contribution < 1.29 is 18.7 Å². The number of hydrogen-bond acceptors (Lipinski definition) is 4. The zero-order chi connectivity index (χ0) is 16.1. The number of ether oxygens (including phenoxy) is 2. The molecule has 0 saturated carbocycles. The van der Waals surface area contributed by atoms with E-state index in [-0.39, 0.29) is 18.7 Å². The summed E-state index contributed by atoms with van der Waals surface area (Å²) in [4.78, 5) is 13.9. The van der Waals surface area contributed by atoms with Gasteiger partial charge in [-0.25, -0.2) is 9.18 Å². The van der Waals surface area contributed by atoms with E-state index >= 15 is 0 Å². The number of piperazine rings is 1. The zero-order valence-corrected chi connectivity index (χ0v) is 13.3. The molecule has 1 heterocycles. The molecule has 1 fully saturated rings. The Balaban J connectivity index is 1.99. The second-order valence-electron chi connectivity index (χ2n) is 5.50. The van der Waals surface area contributed by atoms with Crippen LogP contribution in [0.15, 0.2) is 18.2 Å². The molecule has 0 unspecified atom stereocenters. The lowest BCUT2D eigenvalue weighted by molar-refractivity contribution is 0.0557. The van der Waals surface area contributed by atoms with Crippen LogP contribution in [0.5, 0.6) is 5.75 Å². The van der Waals surface area contributed by atoms with Crippen molar-refractivity contribution in [3.63, 3.8) is 0 Å². The molecule has 1 aliphatic rings. The Kier molecular flexibility index (Phi) is 5.60. The summed E-state index contributed by atoms with van der Waals surface area (Å²) in [6.45, 7) is 7.63. The van der Waals surface area contributed by atoms with Gasteiger partial charge in [0.2, 0.25) is 0 Å². The van der Waals surface area contributed by atoms with E-state index in [2.05, 4.69) is 5.32 Å². The van der Waals surface area contributed by atoms with Crippen LogP contribution in [0.25, 0.3) is 0 Å². The molecule has 1 amide bonds. The maximum Gasteiger partial charge on any atom is 0.410 e. The van der Waals surface area contributed by atoms with E-state index in [1.807, 2.05) is 20.8 Å². The Morgan fingerprint density at radius 2 is 2.05 bits per heavy atom. The van der Waals surface area contributed by atoms with Crippen LogP contribution in [0, 0.1) is 5.82 Å². The Morgan fingerprint density at radius 3 is 2.68 bits per heavy atom. The Hall–Kier alpha value is -1.82. The molecule has 0 aromatic heterocycles. The summed E-state index contributed by atoms with van der Waals surface area (Å²) in [5.41, 5.74) is 0.315. The van der Waals surface area contributed by atoms with Crippen molar-refractivity contribution in [3.8, 4) is 5.75 Å². The second-order valence-corrected chi connectivity index (χ2v) is 5.50. The fourth-order valence-electron chi connectivity index (χ4n) is 2.62. The van der Waals surface area contributed by atoms with Crippen molar-refractivity contribution in [1.29, 1.82) is 0 Å².